The van der Waals surface area contributed by atoms with Crippen LogP contribution in [0.25, 0.3) is 0 Å². The summed E-state index contributed by atoms with van der Waals surface area (Å²) >= 11 is 6.25. The number of carboxylic acids is 1. The van der Waals surface area contributed by atoms with Crippen molar-refractivity contribution in [1.29, 1.82) is 0 Å². The second-order valence-electron chi connectivity index (χ2n) is 10.2. The van der Waals surface area contributed by atoms with Crippen molar-refractivity contribution in [2.24, 2.45) is 5.92 Å². The van der Waals surface area contributed by atoms with Crippen molar-refractivity contribution < 1.29 is 27.8 Å². The summed E-state index contributed by atoms with van der Waals surface area (Å²) in [5.74, 6) is 0.314. The van der Waals surface area contributed by atoms with E-state index in [1.807, 2.05) is 18.2 Å². The lowest BCUT2D eigenvalue weighted by Gasteiger charge is -2.29. The minimum atomic E-state index is -4.52. The third-order valence-electron chi connectivity index (χ3n) is 6.42. The van der Waals surface area contributed by atoms with Gasteiger partial charge < -0.3 is 9.84 Å². The molecule has 0 amide bonds. The highest BCUT2D eigenvalue weighted by Gasteiger charge is 2.34. The zero-order chi connectivity index (χ0) is 28.4. The van der Waals surface area contributed by atoms with Gasteiger partial charge in [-0.05, 0) is 59.6 Å². The Kier molecular flexibility index (Phi) is 11.3. The number of aliphatic carboxylic acids is 1. The molecule has 0 saturated carbocycles. The lowest BCUT2D eigenvalue weighted by Crippen LogP contribution is -2.31. The Morgan fingerprint density at radius 1 is 1.03 bits per heavy atom. The topological polar surface area (TPSA) is 49.8 Å². The maximum atomic E-state index is 13.5. The number of hydrogen-bond acceptors (Lipinski definition) is 3. The molecule has 4 nitrogen and oxygen atoms in total. The monoisotopic (exact) mass is 561 g/mol. The molecule has 39 heavy (non-hydrogen) atoms. The number of nitrogens with zero attached hydrogens (tertiary/aromatic N) is 1. The van der Waals surface area contributed by atoms with Crippen LogP contribution in [0.3, 0.4) is 0 Å². The molecule has 0 fully saturated rings. The second kappa shape index (κ2) is 14.4. The summed E-state index contributed by atoms with van der Waals surface area (Å²) in [5.41, 5.74) is 1.45. The smallest absolute Gasteiger partial charge is 0.417 e. The molecule has 3 aromatic carbocycles. The zero-order valence-electron chi connectivity index (χ0n) is 22.3. The first-order chi connectivity index (χ1) is 18.5. The Balaban J connectivity index is 1.76. The number of ether oxygens (including phenoxy) is 1. The molecule has 3 aromatic rings. The quantitative estimate of drug-likeness (QED) is 0.202. The molecule has 210 valence electrons. The minimum absolute atomic E-state index is 0.0839. The molecule has 3 rings (SSSR count). The highest BCUT2D eigenvalue weighted by molar-refractivity contribution is 6.32. The fourth-order valence-electron chi connectivity index (χ4n) is 4.72. The first kappa shape index (κ1) is 30.5. The van der Waals surface area contributed by atoms with Gasteiger partial charge in [-0.1, -0.05) is 80.0 Å². The number of alkyl halides is 3. The Morgan fingerprint density at radius 2 is 1.74 bits per heavy atom. The van der Waals surface area contributed by atoms with Gasteiger partial charge in [0.15, 0.2) is 0 Å². The number of rotatable bonds is 14. The Bertz CT molecular complexity index is 1200. The van der Waals surface area contributed by atoms with Gasteiger partial charge in [-0.2, -0.15) is 13.2 Å². The number of carboxylic acid groups (broad SMARTS) is 1. The van der Waals surface area contributed by atoms with Crippen molar-refractivity contribution in [3.63, 3.8) is 0 Å². The van der Waals surface area contributed by atoms with Gasteiger partial charge >= 0.3 is 12.1 Å². The van der Waals surface area contributed by atoms with Gasteiger partial charge in [-0.3, -0.25) is 9.69 Å². The summed E-state index contributed by atoms with van der Waals surface area (Å²) in [5, 5.41) is 8.76. The van der Waals surface area contributed by atoms with Crippen LogP contribution in [0.15, 0.2) is 72.8 Å². The van der Waals surface area contributed by atoms with E-state index in [-0.39, 0.29) is 23.9 Å². The minimum Gasteiger partial charge on any atom is -0.494 e. The predicted octanol–water partition coefficient (Wildman–Crippen LogP) is 8.09. The van der Waals surface area contributed by atoms with Crippen LogP contribution in [-0.4, -0.2) is 35.7 Å². The van der Waals surface area contributed by atoms with Crippen molar-refractivity contribution >= 4 is 17.6 Å². The fraction of sp³-hybridized carbons (Fsp3) is 0.387. The van der Waals surface area contributed by atoms with Gasteiger partial charge in [0.1, 0.15) is 5.75 Å². The highest BCUT2D eigenvalue weighted by atomic mass is 35.5. The maximum absolute atomic E-state index is 13.5. The first-order valence-corrected chi connectivity index (χ1v) is 13.5. The van der Waals surface area contributed by atoms with E-state index in [0.717, 1.165) is 12.5 Å². The van der Waals surface area contributed by atoms with Crippen molar-refractivity contribution in [3.8, 4) is 5.75 Å². The zero-order valence-corrected chi connectivity index (χ0v) is 23.0. The van der Waals surface area contributed by atoms with E-state index in [1.54, 1.807) is 30.3 Å². The Hall–Kier alpha value is -3.03. The SMILES string of the molecule is CC(C)CC(CN(CCCOc1cccc(CC(=O)O)c1)Cc1cccc(C(F)(F)F)c1Cl)c1ccccc1. The van der Waals surface area contributed by atoms with Gasteiger partial charge in [0.25, 0.3) is 0 Å². The van der Waals surface area contributed by atoms with Gasteiger partial charge in [0, 0.05) is 19.6 Å². The molecule has 0 heterocycles. The van der Waals surface area contributed by atoms with E-state index < -0.39 is 17.7 Å². The summed E-state index contributed by atoms with van der Waals surface area (Å²) in [4.78, 5) is 13.1. The molecule has 8 heteroatoms. The van der Waals surface area contributed by atoms with Crippen LogP contribution in [0.5, 0.6) is 5.75 Å². The normalized spacial score (nSPS) is 12.6. The van der Waals surface area contributed by atoms with Crippen LogP contribution in [0.4, 0.5) is 13.2 Å². The summed E-state index contributed by atoms with van der Waals surface area (Å²) in [6.07, 6.45) is -3.04. The summed E-state index contributed by atoms with van der Waals surface area (Å²) < 4.78 is 46.4. The predicted molar refractivity (Wildman–Crippen MR) is 148 cm³/mol. The van der Waals surface area contributed by atoms with Crippen molar-refractivity contribution in [2.75, 3.05) is 19.7 Å². The molecule has 1 N–H and O–H groups in total. The molecule has 0 bridgehead atoms. The molecule has 0 aliphatic carbocycles. The molecular formula is C31H35ClF3NO3. The van der Waals surface area contributed by atoms with E-state index in [0.29, 0.717) is 48.9 Å². The highest BCUT2D eigenvalue weighted by Crippen LogP contribution is 2.37. The molecule has 0 saturated heterocycles. The third-order valence-corrected chi connectivity index (χ3v) is 6.87. The van der Waals surface area contributed by atoms with Crippen LogP contribution in [-0.2, 0) is 23.9 Å². The summed E-state index contributed by atoms with van der Waals surface area (Å²) in [7, 11) is 0. The fourth-order valence-corrected chi connectivity index (χ4v) is 5.01. The molecule has 0 aromatic heterocycles. The number of carbonyl (C=O) groups is 1. The molecular weight excluding hydrogens is 527 g/mol. The summed E-state index contributed by atoms with van der Waals surface area (Å²) in [6.45, 7) is 6.22. The number of halogens is 4. The molecule has 0 aliphatic heterocycles. The molecule has 1 atom stereocenters. The molecule has 0 spiro atoms. The van der Waals surface area contributed by atoms with Crippen molar-refractivity contribution in [2.45, 2.75) is 51.7 Å². The first-order valence-electron chi connectivity index (χ1n) is 13.1. The Morgan fingerprint density at radius 3 is 2.41 bits per heavy atom. The van der Waals surface area contributed by atoms with E-state index in [2.05, 4.69) is 30.9 Å². The lowest BCUT2D eigenvalue weighted by atomic mass is 9.89. The summed E-state index contributed by atoms with van der Waals surface area (Å²) in [6, 6.07) is 21.2. The number of hydrogen-bond donors (Lipinski definition) is 1. The van der Waals surface area contributed by atoms with Crippen molar-refractivity contribution in [1.82, 2.24) is 4.90 Å². The van der Waals surface area contributed by atoms with E-state index in [9.17, 15) is 18.0 Å². The van der Waals surface area contributed by atoms with Crippen molar-refractivity contribution in [3.05, 3.63) is 100 Å². The van der Waals surface area contributed by atoms with Crippen LogP contribution < -0.4 is 4.74 Å². The van der Waals surface area contributed by atoms with Gasteiger partial charge in [-0.25, -0.2) is 0 Å². The van der Waals surface area contributed by atoms with E-state index in [4.69, 9.17) is 21.4 Å². The average Bonchev–Trinajstić information content (AvgIpc) is 2.86. The van der Waals surface area contributed by atoms with Gasteiger partial charge in [0.05, 0.1) is 23.6 Å². The van der Waals surface area contributed by atoms with Gasteiger partial charge in [0.2, 0.25) is 0 Å². The van der Waals surface area contributed by atoms with Crippen LogP contribution in [0.2, 0.25) is 5.02 Å². The van der Waals surface area contributed by atoms with E-state index >= 15 is 0 Å². The second-order valence-corrected chi connectivity index (χ2v) is 10.5. The van der Waals surface area contributed by atoms with Gasteiger partial charge in [-0.15, -0.1) is 0 Å². The Labute approximate surface area is 233 Å². The molecule has 1 unspecified atom stereocenters. The van der Waals surface area contributed by atoms with Crippen LogP contribution in [0, 0.1) is 5.92 Å². The molecule has 0 radical (unpaired) electrons. The van der Waals surface area contributed by atoms with Crippen LogP contribution in [0.1, 0.15) is 54.9 Å². The lowest BCUT2D eigenvalue weighted by molar-refractivity contribution is -0.138. The third kappa shape index (κ3) is 9.90. The standard InChI is InChI=1S/C31H35ClF3NO3/c1-22(2)17-26(24-10-4-3-5-11-24)21-36(20-25-12-7-14-28(30(25)32)31(33,34)35)15-8-16-39-27-13-6-9-23(18-27)19-29(37)38/h3-7,9-14,18,22,26H,8,15-17,19-21H2,1-2H3,(H,37,38). The number of benzene rings is 3. The average molecular weight is 562 g/mol. The maximum Gasteiger partial charge on any atom is 0.417 e. The molecule has 0 aliphatic rings. The van der Waals surface area contributed by atoms with Crippen LogP contribution >= 0.6 is 11.6 Å². The van der Waals surface area contributed by atoms with E-state index in [1.165, 1.54) is 11.6 Å². The largest absolute Gasteiger partial charge is 0.494 e.